The molecule has 4 heteroatoms. The van der Waals surface area contributed by atoms with Crippen molar-refractivity contribution >= 4 is 29.1 Å². The molecule has 0 saturated carbocycles. The second-order valence-electron chi connectivity index (χ2n) is 3.45. The number of amides is 1. The van der Waals surface area contributed by atoms with Crippen LogP contribution in [-0.4, -0.2) is 17.4 Å². The van der Waals surface area contributed by atoms with E-state index in [1.807, 2.05) is 30.3 Å². The molecule has 1 aliphatic heterocycles. The fourth-order valence-electron chi connectivity index (χ4n) is 1.52. The molecule has 1 amide bonds. The molecule has 1 aromatic rings. The molecule has 16 heavy (non-hydrogen) atoms. The summed E-state index contributed by atoms with van der Waals surface area (Å²) in [4.78, 5) is 24.4. The predicted molar refractivity (Wildman–Crippen MR) is 65.2 cm³/mol. The van der Waals surface area contributed by atoms with Gasteiger partial charge < -0.3 is 0 Å². The second kappa shape index (κ2) is 4.53. The van der Waals surface area contributed by atoms with Crippen LogP contribution in [0.5, 0.6) is 0 Å². The number of ketones is 1. The SMILES string of the molecule is CC(=O)/C=C1\SCC(=O)N1c1ccccc1. The molecule has 0 aliphatic carbocycles. The van der Waals surface area contributed by atoms with Gasteiger partial charge in [0.15, 0.2) is 5.78 Å². The van der Waals surface area contributed by atoms with E-state index in [9.17, 15) is 9.59 Å². The first-order valence-electron chi connectivity index (χ1n) is 4.91. The minimum atomic E-state index is -0.0434. The van der Waals surface area contributed by atoms with Gasteiger partial charge >= 0.3 is 0 Å². The van der Waals surface area contributed by atoms with Crippen molar-refractivity contribution < 1.29 is 9.59 Å². The summed E-state index contributed by atoms with van der Waals surface area (Å²) in [6.07, 6.45) is 1.50. The molecule has 0 unspecified atom stereocenters. The molecule has 82 valence electrons. The molecule has 1 heterocycles. The molecule has 0 bridgehead atoms. The Balaban J connectivity index is 2.37. The minimum Gasteiger partial charge on any atom is -0.295 e. The van der Waals surface area contributed by atoms with Crippen LogP contribution in [-0.2, 0) is 9.59 Å². The third-order valence-corrected chi connectivity index (χ3v) is 3.14. The molecule has 2 rings (SSSR count). The van der Waals surface area contributed by atoms with E-state index < -0.39 is 0 Å². The Morgan fingerprint density at radius 2 is 2.06 bits per heavy atom. The average Bonchev–Trinajstić information content (AvgIpc) is 2.60. The van der Waals surface area contributed by atoms with Crippen LogP contribution in [0.1, 0.15) is 6.92 Å². The molecule has 1 aliphatic rings. The summed E-state index contributed by atoms with van der Waals surface area (Å²) in [5.74, 6) is 0.371. The number of carbonyl (C=O) groups is 2. The van der Waals surface area contributed by atoms with Crippen molar-refractivity contribution in [2.24, 2.45) is 0 Å². The van der Waals surface area contributed by atoms with Gasteiger partial charge in [-0.2, -0.15) is 0 Å². The molecule has 3 nitrogen and oxygen atoms in total. The van der Waals surface area contributed by atoms with Crippen molar-refractivity contribution in [2.45, 2.75) is 6.92 Å². The van der Waals surface area contributed by atoms with Gasteiger partial charge in [-0.25, -0.2) is 0 Å². The molecule has 1 saturated heterocycles. The quantitative estimate of drug-likeness (QED) is 0.735. The lowest BCUT2D eigenvalue weighted by molar-refractivity contribution is -0.115. The standard InChI is InChI=1S/C12H11NO2S/c1-9(14)7-12-13(11(15)8-16-12)10-5-3-2-4-6-10/h2-7H,8H2,1H3/b12-7-. The zero-order chi connectivity index (χ0) is 11.5. The molecule has 0 radical (unpaired) electrons. The number of hydrogen-bond acceptors (Lipinski definition) is 3. The predicted octanol–water partition coefficient (Wildman–Crippen LogP) is 2.20. The van der Waals surface area contributed by atoms with Gasteiger partial charge in [-0.3, -0.25) is 14.5 Å². The van der Waals surface area contributed by atoms with E-state index in [1.165, 1.54) is 24.8 Å². The third-order valence-electron chi connectivity index (χ3n) is 2.15. The number of nitrogens with zero attached hydrogens (tertiary/aromatic N) is 1. The Bertz CT molecular complexity index is 453. The van der Waals surface area contributed by atoms with Crippen LogP contribution in [0.25, 0.3) is 0 Å². The first-order chi connectivity index (χ1) is 7.68. The fourth-order valence-corrected chi connectivity index (χ4v) is 2.50. The molecular weight excluding hydrogens is 222 g/mol. The summed E-state index contributed by atoms with van der Waals surface area (Å²) >= 11 is 1.40. The Morgan fingerprint density at radius 3 is 2.69 bits per heavy atom. The molecule has 1 aromatic carbocycles. The second-order valence-corrected chi connectivity index (χ2v) is 4.44. The molecule has 0 atom stereocenters. The van der Waals surface area contributed by atoms with Crippen LogP contribution < -0.4 is 4.90 Å². The highest BCUT2D eigenvalue weighted by atomic mass is 32.2. The van der Waals surface area contributed by atoms with Gasteiger partial charge in [-0.1, -0.05) is 30.0 Å². The maximum Gasteiger partial charge on any atom is 0.242 e. The van der Waals surface area contributed by atoms with Crippen molar-refractivity contribution in [3.63, 3.8) is 0 Å². The van der Waals surface area contributed by atoms with Gasteiger partial charge in [0.25, 0.3) is 0 Å². The van der Waals surface area contributed by atoms with Crippen LogP contribution in [0.15, 0.2) is 41.4 Å². The fraction of sp³-hybridized carbons (Fsp3) is 0.167. The molecule has 0 N–H and O–H groups in total. The number of thioether (sulfide) groups is 1. The number of carbonyl (C=O) groups excluding carboxylic acids is 2. The Hall–Kier alpha value is -1.55. The third kappa shape index (κ3) is 2.17. The number of benzene rings is 1. The van der Waals surface area contributed by atoms with Crippen LogP contribution >= 0.6 is 11.8 Å². The number of anilines is 1. The van der Waals surface area contributed by atoms with Crippen LogP contribution in [0.4, 0.5) is 5.69 Å². The number of hydrogen-bond donors (Lipinski definition) is 0. The Kier molecular flexibility index (Phi) is 3.10. The topological polar surface area (TPSA) is 37.4 Å². The lowest BCUT2D eigenvalue weighted by Gasteiger charge is -2.16. The van der Waals surface area contributed by atoms with Gasteiger partial charge in [-0.15, -0.1) is 0 Å². The van der Waals surface area contributed by atoms with Crippen molar-refractivity contribution in [1.82, 2.24) is 0 Å². The summed E-state index contributed by atoms with van der Waals surface area (Å²) in [7, 11) is 0. The normalized spacial score (nSPS) is 18.2. The van der Waals surface area contributed by atoms with Crippen LogP contribution in [0, 0.1) is 0 Å². The maximum absolute atomic E-state index is 11.7. The number of para-hydroxylation sites is 1. The van der Waals surface area contributed by atoms with E-state index in [0.717, 1.165) is 5.69 Å². The minimum absolute atomic E-state index is 0.0173. The maximum atomic E-state index is 11.7. The van der Waals surface area contributed by atoms with Crippen molar-refractivity contribution in [2.75, 3.05) is 10.7 Å². The Labute approximate surface area is 98.1 Å². The van der Waals surface area contributed by atoms with E-state index in [2.05, 4.69) is 0 Å². The van der Waals surface area contributed by atoms with E-state index in [-0.39, 0.29) is 11.7 Å². The summed E-state index contributed by atoms with van der Waals surface area (Å²) < 4.78 is 0. The van der Waals surface area contributed by atoms with Gasteiger partial charge in [0.05, 0.1) is 10.8 Å². The molecule has 0 aromatic heterocycles. The zero-order valence-corrected chi connectivity index (χ0v) is 9.66. The van der Waals surface area contributed by atoms with Gasteiger partial charge in [-0.05, 0) is 19.1 Å². The smallest absolute Gasteiger partial charge is 0.242 e. The number of rotatable bonds is 2. The Morgan fingerprint density at radius 1 is 1.38 bits per heavy atom. The molecule has 1 fully saturated rings. The monoisotopic (exact) mass is 233 g/mol. The van der Waals surface area contributed by atoms with Gasteiger partial charge in [0.1, 0.15) is 0 Å². The zero-order valence-electron chi connectivity index (χ0n) is 8.84. The van der Waals surface area contributed by atoms with E-state index in [4.69, 9.17) is 0 Å². The first kappa shape index (κ1) is 11.0. The highest BCUT2D eigenvalue weighted by Crippen LogP contribution is 2.33. The summed E-state index contributed by atoms with van der Waals surface area (Å²) in [6, 6.07) is 9.36. The van der Waals surface area contributed by atoms with Crippen molar-refractivity contribution in [1.29, 1.82) is 0 Å². The number of allylic oxidation sites excluding steroid dienone is 1. The highest BCUT2D eigenvalue weighted by molar-refractivity contribution is 8.04. The lowest BCUT2D eigenvalue weighted by Crippen LogP contribution is -2.23. The highest BCUT2D eigenvalue weighted by Gasteiger charge is 2.27. The van der Waals surface area contributed by atoms with Gasteiger partial charge in [0.2, 0.25) is 5.91 Å². The average molecular weight is 233 g/mol. The van der Waals surface area contributed by atoms with Crippen LogP contribution in [0.3, 0.4) is 0 Å². The molecule has 0 spiro atoms. The summed E-state index contributed by atoms with van der Waals surface area (Å²) in [5, 5.41) is 0.712. The summed E-state index contributed by atoms with van der Waals surface area (Å²) in [6.45, 7) is 1.49. The van der Waals surface area contributed by atoms with E-state index in [0.29, 0.717) is 10.8 Å². The van der Waals surface area contributed by atoms with Crippen molar-refractivity contribution in [3.8, 4) is 0 Å². The van der Waals surface area contributed by atoms with Crippen LogP contribution in [0.2, 0.25) is 0 Å². The van der Waals surface area contributed by atoms with Crippen molar-refractivity contribution in [3.05, 3.63) is 41.4 Å². The van der Waals surface area contributed by atoms with Gasteiger partial charge in [0, 0.05) is 11.8 Å². The van der Waals surface area contributed by atoms with E-state index >= 15 is 0 Å². The van der Waals surface area contributed by atoms with E-state index in [1.54, 1.807) is 4.90 Å². The largest absolute Gasteiger partial charge is 0.295 e. The molecular formula is C12H11NO2S. The first-order valence-corrected chi connectivity index (χ1v) is 5.90. The summed E-state index contributed by atoms with van der Waals surface area (Å²) in [5.41, 5.74) is 0.810. The lowest BCUT2D eigenvalue weighted by atomic mass is 10.3.